The highest BCUT2D eigenvalue weighted by atomic mass is 16.5. The Morgan fingerprint density at radius 2 is 2.24 bits per heavy atom. The predicted molar refractivity (Wildman–Crippen MR) is 77.3 cm³/mol. The summed E-state index contributed by atoms with van der Waals surface area (Å²) in [5.74, 6) is -0.409. The second kappa shape index (κ2) is 6.51. The summed E-state index contributed by atoms with van der Waals surface area (Å²) in [4.78, 5) is 22.4. The number of carbonyl (C=O) groups is 1. The van der Waals surface area contributed by atoms with Gasteiger partial charge in [0.2, 0.25) is 0 Å². The Labute approximate surface area is 120 Å². The van der Waals surface area contributed by atoms with Gasteiger partial charge in [-0.05, 0) is 35.4 Å². The van der Waals surface area contributed by atoms with E-state index < -0.39 is 5.97 Å². The molecular weight excluding hydrogens is 272 g/mol. The van der Waals surface area contributed by atoms with Crippen molar-refractivity contribution in [1.82, 2.24) is 9.78 Å². The molecule has 0 fully saturated rings. The highest BCUT2D eigenvalue weighted by Gasteiger charge is 2.06. The number of benzene rings is 1. The minimum atomic E-state index is -1.04. The van der Waals surface area contributed by atoms with Crippen molar-refractivity contribution in [2.24, 2.45) is 0 Å². The average Bonchev–Trinajstić information content (AvgIpc) is 2.48. The molecule has 0 unspecified atom stereocenters. The number of carboxylic acid groups (broad SMARTS) is 1. The van der Waals surface area contributed by atoms with Crippen LogP contribution in [0.5, 0.6) is 5.75 Å². The van der Waals surface area contributed by atoms with Crippen LogP contribution in [0.4, 0.5) is 0 Å². The molecule has 1 aromatic carbocycles. The van der Waals surface area contributed by atoms with E-state index in [4.69, 9.17) is 9.84 Å². The van der Waals surface area contributed by atoms with Crippen LogP contribution in [-0.2, 0) is 11.3 Å². The second-order valence-electron chi connectivity index (χ2n) is 4.26. The number of ether oxygens (including phenoxy) is 1. The van der Waals surface area contributed by atoms with Gasteiger partial charge < -0.3 is 9.84 Å². The summed E-state index contributed by atoms with van der Waals surface area (Å²) in [7, 11) is 1.54. The molecule has 1 heterocycles. The third kappa shape index (κ3) is 3.79. The maximum absolute atomic E-state index is 11.7. The van der Waals surface area contributed by atoms with Crippen LogP contribution in [0.1, 0.15) is 11.1 Å². The van der Waals surface area contributed by atoms with Gasteiger partial charge in [-0.25, -0.2) is 9.48 Å². The third-order valence-electron chi connectivity index (χ3n) is 2.86. The van der Waals surface area contributed by atoms with Crippen molar-refractivity contribution >= 4 is 12.0 Å². The van der Waals surface area contributed by atoms with Crippen LogP contribution in [0, 0.1) is 0 Å². The molecule has 6 heteroatoms. The zero-order valence-corrected chi connectivity index (χ0v) is 11.4. The maximum Gasteiger partial charge on any atom is 0.328 e. The quantitative estimate of drug-likeness (QED) is 0.840. The second-order valence-corrected chi connectivity index (χ2v) is 4.26. The molecule has 0 saturated heterocycles. The van der Waals surface area contributed by atoms with Crippen molar-refractivity contribution in [3.63, 3.8) is 0 Å². The van der Waals surface area contributed by atoms with E-state index in [9.17, 15) is 9.59 Å². The predicted octanol–water partition coefficient (Wildman–Crippen LogP) is 1.40. The van der Waals surface area contributed by atoms with Crippen LogP contribution < -0.4 is 10.3 Å². The molecule has 6 nitrogen and oxygen atoms in total. The minimum absolute atomic E-state index is 0.228. The zero-order valence-electron chi connectivity index (χ0n) is 11.4. The Balaban J connectivity index is 2.42. The molecule has 0 aliphatic rings. The van der Waals surface area contributed by atoms with Gasteiger partial charge >= 0.3 is 5.97 Å². The summed E-state index contributed by atoms with van der Waals surface area (Å²) in [6.07, 6.45) is 4.05. The van der Waals surface area contributed by atoms with Gasteiger partial charge in [0, 0.05) is 18.3 Å². The van der Waals surface area contributed by atoms with E-state index >= 15 is 0 Å². The summed E-state index contributed by atoms with van der Waals surface area (Å²) in [5, 5.41) is 12.7. The summed E-state index contributed by atoms with van der Waals surface area (Å²) >= 11 is 0. The fourth-order valence-corrected chi connectivity index (χ4v) is 1.84. The molecule has 108 valence electrons. The van der Waals surface area contributed by atoms with Gasteiger partial charge in [-0.1, -0.05) is 6.07 Å². The van der Waals surface area contributed by atoms with Crippen molar-refractivity contribution in [1.29, 1.82) is 0 Å². The first kappa shape index (κ1) is 14.5. The lowest BCUT2D eigenvalue weighted by Crippen LogP contribution is -2.22. The number of hydrogen-bond donors (Lipinski definition) is 1. The first-order chi connectivity index (χ1) is 10.1. The number of nitrogens with zero attached hydrogens (tertiary/aromatic N) is 2. The lowest BCUT2D eigenvalue weighted by atomic mass is 10.1. The van der Waals surface area contributed by atoms with Gasteiger partial charge in [0.15, 0.2) is 0 Å². The topological polar surface area (TPSA) is 81.4 Å². The standard InChI is InChI=1S/C15H14N2O4/c1-21-13-6-4-11(5-7-15(19)20)12(9-13)10-17-14(18)3-2-8-16-17/h2-9H,10H2,1H3,(H,19,20). The first-order valence-electron chi connectivity index (χ1n) is 6.20. The Morgan fingerprint density at radius 3 is 2.90 bits per heavy atom. The lowest BCUT2D eigenvalue weighted by Gasteiger charge is -2.09. The SMILES string of the molecule is COc1ccc(C=CC(=O)O)c(Cn2ncccc2=O)c1. The van der Waals surface area contributed by atoms with Crippen LogP contribution >= 0.6 is 0 Å². The molecule has 0 aliphatic carbocycles. The number of aliphatic carboxylic acids is 1. The maximum atomic E-state index is 11.7. The monoisotopic (exact) mass is 286 g/mol. The summed E-state index contributed by atoms with van der Waals surface area (Å²) in [6.45, 7) is 0.232. The fourth-order valence-electron chi connectivity index (χ4n) is 1.84. The first-order valence-corrected chi connectivity index (χ1v) is 6.20. The molecule has 2 rings (SSSR count). The smallest absolute Gasteiger partial charge is 0.328 e. The fraction of sp³-hybridized carbons (Fsp3) is 0.133. The van der Waals surface area contributed by atoms with E-state index in [1.807, 2.05) is 0 Å². The third-order valence-corrected chi connectivity index (χ3v) is 2.86. The Kier molecular flexibility index (Phi) is 4.50. The van der Waals surface area contributed by atoms with E-state index in [1.54, 1.807) is 31.4 Å². The van der Waals surface area contributed by atoms with Crippen LogP contribution in [0.15, 0.2) is 47.4 Å². The normalized spacial score (nSPS) is 10.7. The molecule has 2 aromatic rings. The van der Waals surface area contributed by atoms with Gasteiger partial charge in [-0.3, -0.25) is 4.79 Å². The molecule has 21 heavy (non-hydrogen) atoms. The summed E-state index contributed by atoms with van der Waals surface area (Å²) in [5.41, 5.74) is 1.21. The van der Waals surface area contributed by atoms with E-state index in [1.165, 1.54) is 23.0 Å². The molecule has 0 saturated carbocycles. The van der Waals surface area contributed by atoms with Gasteiger partial charge in [-0.2, -0.15) is 5.10 Å². The van der Waals surface area contributed by atoms with Crippen LogP contribution in [0.3, 0.4) is 0 Å². The molecule has 0 spiro atoms. The number of hydrogen-bond acceptors (Lipinski definition) is 4. The van der Waals surface area contributed by atoms with Gasteiger partial charge in [0.25, 0.3) is 5.56 Å². The van der Waals surface area contributed by atoms with E-state index in [0.29, 0.717) is 11.3 Å². The van der Waals surface area contributed by atoms with Crippen molar-refractivity contribution in [3.8, 4) is 5.75 Å². The lowest BCUT2D eigenvalue weighted by molar-refractivity contribution is -0.131. The van der Waals surface area contributed by atoms with Crippen molar-refractivity contribution in [3.05, 3.63) is 64.1 Å². The molecule has 1 N–H and O–H groups in total. The molecule has 0 radical (unpaired) electrons. The molecule has 1 aromatic heterocycles. The van der Waals surface area contributed by atoms with Gasteiger partial charge in [-0.15, -0.1) is 0 Å². The van der Waals surface area contributed by atoms with Crippen molar-refractivity contribution in [2.45, 2.75) is 6.54 Å². The molecule has 0 atom stereocenters. The Hall–Kier alpha value is -2.89. The van der Waals surface area contributed by atoms with Crippen molar-refractivity contribution in [2.75, 3.05) is 7.11 Å². The summed E-state index contributed by atoms with van der Waals surface area (Å²) in [6, 6.07) is 8.20. The zero-order chi connectivity index (χ0) is 15.2. The van der Waals surface area contributed by atoms with E-state index in [2.05, 4.69) is 5.10 Å². The minimum Gasteiger partial charge on any atom is -0.497 e. The number of methoxy groups -OCH3 is 1. The van der Waals surface area contributed by atoms with Gasteiger partial charge in [0.1, 0.15) is 5.75 Å². The van der Waals surface area contributed by atoms with E-state index in [0.717, 1.165) is 11.6 Å². The molecule has 0 aliphatic heterocycles. The van der Waals surface area contributed by atoms with Crippen LogP contribution in [0.2, 0.25) is 0 Å². The number of aromatic nitrogens is 2. The average molecular weight is 286 g/mol. The van der Waals surface area contributed by atoms with E-state index in [-0.39, 0.29) is 12.1 Å². The number of carboxylic acids is 1. The highest BCUT2D eigenvalue weighted by molar-refractivity contribution is 5.85. The molecule has 0 amide bonds. The van der Waals surface area contributed by atoms with Gasteiger partial charge in [0.05, 0.1) is 13.7 Å². The number of rotatable bonds is 5. The molecule has 0 bridgehead atoms. The Bertz CT molecular complexity index is 734. The summed E-state index contributed by atoms with van der Waals surface area (Å²) < 4.78 is 6.45. The van der Waals surface area contributed by atoms with Crippen LogP contribution in [0.25, 0.3) is 6.08 Å². The Morgan fingerprint density at radius 1 is 1.43 bits per heavy atom. The van der Waals surface area contributed by atoms with Crippen molar-refractivity contribution < 1.29 is 14.6 Å². The van der Waals surface area contributed by atoms with Crippen LogP contribution in [-0.4, -0.2) is 28.0 Å². The molecular formula is C15H14N2O4. The highest BCUT2D eigenvalue weighted by Crippen LogP contribution is 2.19. The largest absolute Gasteiger partial charge is 0.497 e.